The predicted octanol–water partition coefficient (Wildman–Crippen LogP) is 6.41. The zero-order valence-electron chi connectivity index (χ0n) is 41.9. The van der Waals surface area contributed by atoms with Crippen LogP contribution in [0, 0.1) is 11.2 Å². The van der Waals surface area contributed by atoms with Gasteiger partial charge in [0.25, 0.3) is 11.5 Å². The van der Waals surface area contributed by atoms with Crippen LogP contribution in [0.1, 0.15) is 87.3 Å². The number of aliphatic hydroxyl groups is 1. The van der Waals surface area contributed by atoms with Crippen LogP contribution in [-0.4, -0.2) is 102 Å². The SMILES string of the molecule is C=CC(=O)Nc1cc(Nc2nc(-c3ccnc(N4CCn5c(cc6c5CC(C)(C)C6)C4=O)c3CO)cn(C)c2=O)ccc1N1CCN(C2CCN(c3ccc(F)c(C(C)(C)NP(=O)(O)O)c3)[C@H](C)C2)C[C@@H]1C. The van der Waals surface area contributed by atoms with Gasteiger partial charge in [0.15, 0.2) is 5.82 Å². The minimum Gasteiger partial charge on any atom is -0.392 e. The maximum atomic E-state index is 15.1. The van der Waals surface area contributed by atoms with Crippen LogP contribution in [0.3, 0.4) is 0 Å². The van der Waals surface area contributed by atoms with Crippen LogP contribution in [0.2, 0.25) is 0 Å². The Labute approximate surface area is 418 Å². The summed E-state index contributed by atoms with van der Waals surface area (Å²) in [4.78, 5) is 77.9. The molecule has 1 aliphatic carbocycles. The molecule has 0 spiro atoms. The van der Waals surface area contributed by atoms with Crippen molar-refractivity contribution in [2.75, 3.05) is 58.1 Å². The first-order chi connectivity index (χ1) is 34.0. The predicted molar refractivity (Wildman–Crippen MR) is 277 cm³/mol. The summed E-state index contributed by atoms with van der Waals surface area (Å²) in [5.74, 6) is -0.774. The molecule has 2 aromatic carbocycles. The maximum Gasteiger partial charge on any atom is 0.401 e. The van der Waals surface area contributed by atoms with Crippen molar-refractivity contribution in [1.82, 2.24) is 29.1 Å². The van der Waals surface area contributed by atoms with Crippen LogP contribution in [0.15, 0.2) is 78.4 Å². The Balaban J connectivity index is 0.907. The van der Waals surface area contributed by atoms with Gasteiger partial charge in [0.05, 0.1) is 29.2 Å². The molecule has 20 heteroatoms. The van der Waals surface area contributed by atoms with Gasteiger partial charge >= 0.3 is 7.75 Å². The lowest BCUT2D eigenvalue weighted by molar-refractivity contribution is -0.111. The summed E-state index contributed by atoms with van der Waals surface area (Å²) in [5, 5.41) is 19.3. The fourth-order valence-corrected chi connectivity index (χ4v) is 12.3. The van der Waals surface area contributed by atoms with Gasteiger partial charge in [-0.25, -0.2) is 24.0 Å². The number of carbonyl (C=O) groups is 2. The molecule has 382 valence electrons. The van der Waals surface area contributed by atoms with Gasteiger partial charge in [-0.3, -0.25) is 24.2 Å². The van der Waals surface area contributed by atoms with Crippen molar-refractivity contribution in [3.8, 4) is 11.3 Å². The van der Waals surface area contributed by atoms with Crippen molar-refractivity contribution in [3.05, 3.63) is 118 Å². The molecule has 2 saturated heterocycles. The molecule has 1 unspecified atom stereocenters. The van der Waals surface area contributed by atoms with Gasteiger partial charge in [0.2, 0.25) is 5.91 Å². The first kappa shape index (κ1) is 50.7. The van der Waals surface area contributed by atoms with Crippen LogP contribution in [0.5, 0.6) is 0 Å². The van der Waals surface area contributed by atoms with Crippen LogP contribution >= 0.6 is 7.75 Å². The Hall–Kier alpha value is -6.21. The molecule has 5 aromatic rings. The Bertz CT molecular complexity index is 3080. The van der Waals surface area contributed by atoms with E-state index in [0.717, 1.165) is 50.1 Å². The second-order valence-corrected chi connectivity index (χ2v) is 22.4. The molecule has 3 aromatic heterocycles. The van der Waals surface area contributed by atoms with Gasteiger partial charge in [-0.1, -0.05) is 20.4 Å². The number of piperidine rings is 1. The van der Waals surface area contributed by atoms with E-state index in [2.05, 4.69) is 74.2 Å². The lowest BCUT2D eigenvalue weighted by Crippen LogP contribution is -2.58. The third kappa shape index (κ3) is 9.97. The summed E-state index contributed by atoms with van der Waals surface area (Å²) >= 11 is 0. The number of pyridine rings is 1. The van der Waals surface area contributed by atoms with E-state index in [-0.39, 0.29) is 40.8 Å². The number of piperazine rings is 1. The molecule has 72 heavy (non-hydrogen) atoms. The number of anilines is 6. The summed E-state index contributed by atoms with van der Waals surface area (Å²) in [7, 11) is -3.02. The number of carbonyl (C=O) groups excluding carboxylic acids is 2. The van der Waals surface area contributed by atoms with E-state index in [1.165, 1.54) is 28.0 Å². The normalized spacial score (nSPS) is 20.3. The second-order valence-electron chi connectivity index (χ2n) is 21.1. The highest BCUT2D eigenvalue weighted by Crippen LogP contribution is 2.42. The van der Waals surface area contributed by atoms with Crippen LogP contribution in [0.4, 0.5) is 38.8 Å². The molecule has 9 rings (SSSR count). The molecule has 0 bridgehead atoms. The lowest BCUT2D eigenvalue weighted by Gasteiger charge is -2.48. The average Bonchev–Trinajstić information content (AvgIpc) is 3.81. The molecule has 2 amide bonds. The number of halogens is 1. The number of aromatic nitrogens is 4. The Morgan fingerprint density at radius 2 is 1.78 bits per heavy atom. The number of fused-ring (bicyclic) bond motifs is 3. The van der Waals surface area contributed by atoms with Crippen molar-refractivity contribution in [2.45, 2.75) is 104 Å². The molecular weight excluding hydrogens is 941 g/mol. The molecule has 3 atom stereocenters. The molecule has 6 N–H and O–H groups in total. The maximum absolute atomic E-state index is 15.1. The highest BCUT2D eigenvalue weighted by molar-refractivity contribution is 7.49. The Morgan fingerprint density at radius 3 is 2.49 bits per heavy atom. The number of nitrogens with one attached hydrogen (secondary N) is 3. The smallest absolute Gasteiger partial charge is 0.392 e. The summed E-state index contributed by atoms with van der Waals surface area (Å²) in [5.41, 5.74) is 5.55. The van der Waals surface area contributed by atoms with Crippen LogP contribution < -0.4 is 36.0 Å². The van der Waals surface area contributed by atoms with E-state index in [4.69, 9.17) is 4.98 Å². The number of hydrogen-bond donors (Lipinski definition) is 6. The van der Waals surface area contributed by atoms with Crippen molar-refractivity contribution < 1.29 is 33.4 Å². The molecule has 0 saturated carbocycles. The summed E-state index contributed by atoms with van der Waals surface area (Å²) in [6.45, 7) is 19.0. The van der Waals surface area contributed by atoms with Gasteiger partial charge in [-0.15, -0.1) is 0 Å². The Kier molecular flexibility index (Phi) is 13.6. The topological polar surface area (TPSA) is 214 Å². The highest BCUT2D eigenvalue weighted by Gasteiger charge is 2.39. The zero-order chi connectivity index (χ0) is 51.6. The van der Waals surface area contributed by atoms with E-state index in [1.54, 1.807) is 62.5 Å². The minimum absolute atomic E-state index is 0.0122. The van der Waals surface area contributed by atoms with Crippen LogP contribution in [0.25, 0.3) is 11.3 Å². The standard InChI is InChI=1S/C52H65FN11O7P/c1-9-46(66)56-41-24-34(10-13-43(41)62-19-18-60(28-32(62)3)35-15-17-61(31(2)22-35)36-11-12-40(53)39(25-36)52(6,7)58-72(69,70)71)55-47-50(68)59(8)29-42(57-47)37-14-16-54-48(38(37)30-65)64-21-20-63-44(49(64)67)23-33-26-51(4,5)27-45(33)63/h9-14,16,23-25,29,31-32,35,65H,1,15,17-22,26-28,30H2,2-8H3,(H,55,57)(H,56,66)(H3,58,69,70,71)/t31-,32+,35?/m1/s1. The van der Waals surface area contributed by atoms with Gasteiger partial charge in [0, 0.05) is 111 Å². The number of aryl methyl sites for hydroxylation is 1. The van der Waals surface area contributed by atoms with Gasteiger partial charge in [-0.2, -0.15) is 0 Å². The molecular formula is C52H65FN11O7P. The number of nitrogens with zero attached hydrogens (tertiary/aromatic N) is 8. The molecule has 6 heterocycles. The van der Waals surface area contributed by atoms with Crippen molar-refractivity contribution in [1.29, 1.82) is 0 Å². The first-order valence-electron chi connectivity index (χ1n) is 24.5. The molecule has 3 aliphatic heterocycles. The van der Waals surface area contributed by atoms with E-state index >= 15 is 4.39 Å². The summed E-state index contributed by atoms with van der Waals surface area (Å²) in [6, 6.07) is 14.4. The molecule has 18 nitrogen and oxygen atoms in total. The van der Waals surface area contributed by atoms with E-state index in [9.17, 15) is 33.8 Å². The monoisotopic (exact) mass is 1010 g/mol. The van der Waals surface area contributed by atoms with Crippen LogP contribution in [-0.2, 0) is 47.9 Å². The fourth-order valence-electron chi connectivity index (χ4n) is 11.5. The number of aliphatic hydroxyl groups excluding tert-OH is 1. The zero-order valence-corrected chi connectivity index (χ0v) is 42.8. The molecule has 0 radical (unpaired) electrons. The van der Waals surface area contributed by atoms with E-state index in [0.29, 0.717) is 65.9 Å². The number of amides is 2. The van der Waals surface area contributed by atoms with Crippen molar-refractivity contribution >= 4 is 53.9 Å². The summed E-state index contributed by atoms with van der Waals surface area (Å²) < 4.78 is 30.4. The first-order valence-corrected chi connectivity index (χ1v) is 26.1. The number of rotatable bonds is 13. The second kappa shape index (κ2) is 19.3. The van der Waals surface area contributed by atoms with E-state index < -0.39 is 37.2 Å². The number of benzene rings is 2. The van der Waals surface area contributed by atoms with Gasteiger partial charge in [-0.05, 0) is 119 Å². The van der Waals surface area contributed by atoms with Gasteiger partial charge < -0.3 is 44.5 Å². The van der Waals surface area contributed by atoms with E-state index in [1.807, 2.05) is 18.2 Å². The third-order valence-corrected chi connectivity index (χ3v) is 15.7. The van der Waals surface area contributed by atoms with Crippen molar-refractivity contribution in [3.63, 3.8) is 0 Å². The summed E-state index contributed by atoms with van der Waals surface area (Å²) in [6.07, 6.45) is 7.91. The fraction of sp³-hybridized carbons (Fsp3) is 0.442. The third-order valence-electron chi connectivity index (χ3n) is 14.8. The minimum atomic E-state index is -4.64. The quantitative estimate of drug-likeness (QED) is 0.0556. The van der Waals surface area contributed by atoms with Gasteiger partial charge in [0.1, 0.15) is 17.3 Å². The largest absolute Gasteiger partial charge is 0.401 e. The Morgan fingerprint density at radius 1 is 1.00 bits per heavy atom. The van der Waals surface area contributed by atoms with Crippen molar-refractivity contribution in [2.24, 2.45) is 12.5 Å². The molecule has 4 aliphatic rings. The lowest BCUT2D eigenvalue weighted by atomic mass is 9.90. The highest BCUT2D eigenvalue weighted by atomic mass is 31.2. The molecule has 2 fully saturated rings. The number of hydrogen-bond acceptors (Lipinski definition) is 11. The average molecular weight is 1010 g/mol.